The second-order valence-electron chi connectivity index (χ2n) is 7.15. The Morgan fingerprint density at radius 3 is 2.70 bits per heavy atom. The van der Waals surface area contributed by atoms with Crippen LogP contribution in [0.4, 0.5) is 0 Å². The highest BCUT2D eigenvalue weighted by molar-refractivity contribution is 5.81. The van der Waals surface area contributed by atoms with Gasteiger partial charge in [0.2, 0.25) is 11.7 Å². The van der Waals surface area contributed by atoms with Crippen molar-refractivity contribution in [2.45, 2.75) is 39.8 Å². The van der Waals surface area contributed by atoms with E-state index in [9.17, 15) is 4.79 Å². The van der Waals surface area contributed by atoms with Crippen LogP contribution >= 0.6 is 0 Å². The number of hydrogen-bond donors (Lipinski definition) is 0. The summed E-state index contributed by atoms with van der Waals surface area (Å²) in [6.45, 7) is 6.13. The zero-order valence-corrected chi connectivity index (χ0v) is 18.0. The molecule has 0 saturated carbocycles. The molecule has 158 valence electrons. The van der Waals surface area contributed by atoms with E-state index in [-0.39, 0.29) is 12.5 Å². The van der Waals surface area contributed by atoms with E-state index in [0.717, 1.165) is 22.4 Å². The number of amides is 1. The first-order valence-corrected chi connectivity index (χ1v) is 9.87. The molecule has 0 aliphatic rings. The number of methoxy groups -OCH3 is 1. The number of hydrogen-bond acceptors (Lipinski definition) is 6. The van der Waals surface area contributed by atoms with Gasteiger partial charge in [0.1, 0.15) is 11.5 Å². The van der Waals surface area contributed by atoms with Crippen LogP contribution in [-0.2, 0) is 11.3 Å². The first-order valence-electron chi connectivity index (χ1n) is 9.87. The minimum absolute atomic E-state index is 0.139. The fourth-order valence-electron chi connectivity index (χ4n) is 3.04. The smallest absolute Gasteiger partial charge is 0.263 e. The highest BCUT2D eigenvalue weighted by atomic mass is 16.5. The number of rotatable bonds is 8. The Balaban J connectivity index is 1.68. The van der Waals surface area contributed by atoms with Gasteiger partial charge in [-0.15, -0.1) is 0 Å². The van der Waals surface area contributed by atoms with Gasteiger partial charge in [0.15, 0.2) is 6.10 Å². The van der Waals surface area contributed by atoms with Crippen LogP contribution in [0, 0.1) is 13.8 Å². The molecule has 2 aromatic carbocycles. The lowest BCUT2D eigenvalue weighted by Crippen LogP contribution is -2.39. The van der Waals surface area contributed by atoms with E-state index < -0.39 is 6.10 Å². The molecular formula is C23H27N3O4. The van der Waals surface area contributed by atoms with Crippen LogP contribution in [0.15, 0.2) is 47.0 Å². The van der Waals surface area contributed by atoms with Crippen LogP contribution in [0.5, 0.6) is 11.5 Å². The van der Waals surface area contributed by atoms with Crippen molar-refractivity contribution >= 4 is 5.91 Å². The maximum Gasteiger partial charge on any atom is 0.263 e. The molecule has 3 rings (SSSR count). The first-order chi connectivity index (χ1) is 14.4. The summed E-state index contributed by atoms with van der Waals surface area (Å²) in [4.78, 5) is 18.9. The highest BCUT2D eigenvalue weighted by Crippen LogP contribution is 2.24. The second kappa shape index (κ2) is 9.43. The Hall–Kier alpha value is -3.35. The number of ether oxygens (including phenoxy) is 2. The molecule has 1 atom stereocenters. The maximum absolute atomic E-state index is 12.9. The van der Waals surface area contributed by atoms with Crippen LogP contribution in [0.2, 0.25) is 0 Å². The molecule has 1 unspecified atom stereocenters. The molecule has 30 heavy (non-hydrogen) atoms. The van der Waals surface area contributed by atoms with Crippen LogP contribution < -0.4 is 9.47 Å². The largest absolute Gasteiger partial charge is 0.497 e. The van der Waals surface area contributed by atoms with Gasteiger partial charge < -0.3 is 18.9 Å². The van der Waals surface area contributed by atoms with Gasteiger partial charge in [-0.25, -0.2) is 0 Å². The standard InChI is InChI=1S/C23H27N3O4/c1-6-19(29-20-12-7-9-15(2)16(20)3)23(27)26(4)14-21-24-22(25-30-21)17-10-8-11-18(13-17)28-5/h7-13,19H,6,14H2,1-5H3. The fourth-order valence-corrected chi connectivity index (χ4v) is 3.04. The lowest BCUT2D eigenvalue weighted by atomic mass is 10.1. The Kier molecular flexibility index (Phi) is 6.72. The third kappa shape index (κ3) is 4.79. The van der Waals surface area contributed by atoms with Crippen molar-refractivity contribution in [3.05, 3.63) is 59.5 Å². The SMILES string of the molecule is CCC(Oc1cccc(C)c1C)C(=O)N(C)Cc1nc(-c2cccc(OC)c2)no1. The number of aryl methyl sites for hydroxylation is 1. The molecule has 0 bridgehead atoms. The normalized spacial score (nSPS) is 11.8. The Bertz CT molecular complexity index is 1020. The molecule has 0 radical (unpaired) electrons. The topological polar surface area (TPSA) is 77.7 Å². The van der Waals surface area contributed by atoms with E-state index in [2.05, 4.69) is 10.1 Å². The second-order valence-corrected chi connectivity index (χ2v) is 7.15. The summed E-state index contributed by atoms with van der Waals surface area (Å²) in [5.41, 5.74) is 2.94. The average molecular weight is 409 g/mol. The van der Waals surface area contributed by atoms with Gasteiger partial charge in [-0.2, -0.15) is 4.98 Å². The van der Waals surface area contributed by atoms with E-state index in [0.29, 0.717) is 23.9 Å². The molecule has 0 saturated heterocycles. The van der Waals surface area contributed by atoms with E-state index in [1.54, 1.807) is 19.1 Å². The zero-order valence-electron chi connectivity index (χ0n) is 18.0. The van der Waals surface area contributed by atoms with Crippen LogP contribution in [-0.4, -0.2) is 41.2 Å². The van der Waals surface area contributed by atoms with Crippen molar-refractivity contribution in [3.8, 4) is 22.9 Å². The summed E-state index contributed by atoms with van der Waals surface area (Å²) in [7, 11) is 3.30. The molecule has 7 heteroatoms. The number of carbonyl (C=O) groups excluding carboxylic acids is 1. The molecule has 0 aliphatic heterocycles. The maximum atomic E-state index is 12.9. The van der Waals surface area contributed by atoms with Gasteiger partial charge >= 0.3 is 0 Å². The minimum atomic E-state index is -0.587. The molecule has 0 fully saturated rings. The fraction of sp³-hybridized carbons (Fsp3) is 0.348. The Morgan fingerprint density at radius 2 is 1.97 bits per heavy atom. The third-order valence-electron chi connectivity index (χ3n) is 5.02. The number of benzene rings is 2. The van der Waals surface area contributed by atoms with Crippen LogP contribution in [0.1, 0.15) is 30.4 Å². The summed E-state index contributed by atoms with van der Waals surface area (Å²) in [5, 5.41) is 4.02. The number of aromatic nitrogens is 2. The molecule has 1 amide bonds. The van der Waals surface area contributed by atoms with E-state index in [1.165, 1.54) is 0 Å². The van der Waals surface area contributed by atoms with Gasteiger partial charge in [-0.3, -0.25) is 4.79 Å². The molecular weight excluding hydrogens is 382 g/mol. The third-order valence-corrected chi connectivity index (χ3v) is 5.02. The average Bonchev–Trinajstić information content (AvgIpc) is 3.22. The molecule has 3 aromatic rings. The summed E-state index contributed by atoms with van der Waals surface area (Å²) < 4.78 is 16.6. The van der Waals surface area contributed by atoms with Gasteiger partial charge in [-0.05, 0) is 49.6 Å². The first kappa shape index (κ1) is 21.4. The summed E-state index contributed by atoms with van der Waals surface area (Å²) >= 11 is 0. The molecule has 7 nitrogen and oxygen atoms in total. The summed E-state index contributed by atoms with van der Waals surface area (Å²) in [6.07, 6.45) is -0.0357. The van der Waals surface area contributed by atoms with Crippen molar-refractivity contribution in [1.29, 1.82) is 0 Å². The molecule has 0 aliphatic carbocycles. The highest BCUT2D eigenvalue weighted by Gasteiger charge is 2.24. The summed E-state index contributed by atoms with van der Waals surface area (Å²) in [6, 6.07) is 13.2. The van der Waals surface area contributed by atoms with Gasteiger partial charge in [0.25, 0.3) is 5.91 Å². The van der Waals surface area contributed by atoms with Crippen molar-refractivity contribution in [1.82, 2.24) is 15.0 Å². The Labute approximate surface area is 176 Å². The lowest BCUT2D eigenvalue weighted by molar-refractivity contribution is -0.138. The van der Waals surface area contributed by atoms with E-state index >= 15 is 0 Å². The molecule has 1 heterocycles. The van der Waals surface area contributed by atoms with E-state index in [4.69, 9.17) is 14.0 Å². The summed E-state index contributed by atoms with van der Waals surface area (Å²) in [5.74, 6) is 2.09. The van der Waals surface area contributed by atoms with Crippen molar-refractivity contribution in [3.63, 3.8) is 0 Å². The molecule has 0 spiro atoms. The number of likely N-dealkylation sites (N-methyl/N-ethyl adjacent to an activating group) is 1. The predicted octanol–water partition coefficient (Wildman–Crippen LogP) is 4.18. The quantitative estimate of drug-likeness (QED) is 0.555. The Morgan fingerprint density at radius 1 is 1.20 bits per heavy atom. The van der Waals surface area contributed by atoms with Gasteiger partial charge in [-0.1, -0.05) is 36.3 Å². The van der Waals surface area contributed by atoms with Gasteiger partial charge in [0.05, 0.1) is 13.7 Å². The van der Waals surface area contributed by atoms with E-state index in [1.807, 2.05) is 63.2 Å². The monoisotopic (exact) mass is 409 g/mol. The number of carbonyl (C=O) groups is 1. The lowest BCUT2D eigenvalue weighted by Gasteiger charge is -2.23. The minimum Gasteiger partial charge on any atom is -0.497 e. The van der Waals surface area contributed by atoms with Crippen molar-refractivity contribution in [2.24, 2.45) is 0 Å². The molecule has 0 N–H and O–H groups in total. The number of nitrogens with zero attached hydrogens (tertiary/aromatic N) is 3. The zero-order chi connectivity index (χ0) is 21.7. The van der Waals surface area contributed by atoms with Crippen molar-refractivity contribution < 1.29 is 18.8 Å². The van der Waals surface area contributed by atoms with Crippen LogP contribution in [0.3, 0.4) is 0 Å². The van der Waals surface area contributed by atoms with Gasteiger partial charge in [0, 0.05) is 12.6 Å². The van der Waals surface area contributed by atoms with Crippen molar-refractivity contribution in [2.75, 3.05) is 14.2 Å². The molecule has 1 aromatic heterocycles. The van der Waals surface area contributed by atoms with Crippen LogP contribution in [0.25, 0.3) is 11.4 Å². The predicted molar refractivity (Wildman–Crippen MR) is 113 cm³/mol.